The minimum atomic E-state index is -0.522. The van der Waals surface area contributed by atoms with E-state index in [9.17, 15) is 4.79 Å². The van der Waals surface area contributed by atoms with Gasteiger partial charge in [-0.3, -0.25) is 4.79 Å². The molecule has 0 bridgehead atoms. The van der Waals surface area contributed by atoms with Crippen LogP contribution in [0.5, 0.6) is 11.6 Å². The number of hydrogen-bond donors (Lipinski definition) is 2. The van der Waals surface area contributed by atoms with E-state index in [-0.39, 0.29) is 12.2 Å². The third-order valence-electron chi connectivity index (χ3n) is 4.76. The van der Waals surface area contributed by atoms with Crippen molar-refractivity contribution in [3.05, 3.63) is 30.0 Å². The van der Waals surface area contributed by atoms with Gasteiger partial charge in [0.25, 0.3) is 5.91 Å². The summed E-state index contributed by atoms with van der Waals surface area (Å²) < 4.78 is 17.2. The number of amides is 1. The third-order valence-corrected chi connectivity index (χ3v) is 4.76. The number of ether oxygens (including phenoxy) is 3. The van der Waals surface area contributed by atoms with Crippen molar-refractivity contribution in [3.63, 3.8) is 0 Å². The Balaban J connectivity index is 1.81. The van der Waals surface area contributed by atoms with Crippen molar-refractivity contribution < 1.29 is 19.0 Å². The number of aromatic nitrogens is 1. The minimum absolute atomic E-state index is 0.0811. The van der Waals surface area contributed by atoms with Crippen LogP contribution in [0.2, 0.25) is 0 Å². The first kappa shape index (κ1) is 19.4. The molecule has 0 aliphatic carbocycles. The lowest BCUT2D eigenvalue weighted by atomic mass is 10.0. The maximum Gasteiger partial charge on any atom is 0.252 e. The molecule has 1 saturated heterocycles. The lowest BCUT2D eigenvalue weighted by Crippen LogP contribution is -2.22. The first-order valence-corrected chi connectivity index (χ1v) is 9.25. The van der Waals surface area contributed by atoms with Gasteiger partial charge in [0.2, 0.25) is 5.88 Å². The molecule has 1 aliphatic rings. The zero-order valence-electron chi connectivity index (χ0n) is 16.0. The number of fused-ring (bicyclic) bond motifs is 1. The van der Waals surface area contributed by atoms with Gasteiger partial charge in [-0.2, -0.15) is 0 Å². The predicted octanol–water partition coefficient (Wildman–Crippen LogP) is 2.12. The highest BCUT2D eigenvalue weighted by molar-refractivity contribution is 6.01. The molecule has 1 amide bonds. The number of benzene rings is 1. The number of nitrogens with one attached hydrogen (secondary N) is 1. The summed E-state index contributed by atoms with van der Waals surface area (Å²) in [7, 11) is 1.74. The molecule has 1 aliphatic heterocycles. The average Bonchev–Trinajstić information content (AvgIpc) is 3.08. The summed E-state index contributed by atoms with van der Waals surface area (Å²) in [5.74, 6) is 0.872. The normalized spacial score (nSPS) is 19.6. The number of carbonyl (C=O) groups excluding carboxylic acids is 1. The Morgan fingerprint density at radius 1 is 1.37 bits per heavy atom. The molecule has 0 saturated carbocycles. The second-order valence-electron chi connectivity index (χ2n) is 7.05. The van der Waals surface area contributed by atoms with Gasteiger partial charge >= 0.3 is 0 Å². The summed E-state index contributed by atoms with van der Waals surface area (Å²) in [5.41, 5.74) is 5.87. The van der Waals surface area contributed by atoms with Gasteiger partial charge in [-0.1, -0.05) is 0 Å². The van der Waals surface area contributed by atoms with Gasteiger partial charge in [0.1, 0.15) is 5.75 Å². The van der Waals surface area contributed by atoms with Crippen LogP contribution < -0.4 is 20.5 Å². The number of nitrogens with two attached hydrogens (primary N) is 1. The number of methoxy groups -OCH3 is 1. The lowest BCUT2D eigenvalue weighted by Gasteiger charge is -2.18. The first-order valence-electron chi connectivity index (χ1n) is 9.25. The lowest BCUT2D eigenvalue weighted by molar-refractivity contribution is 0.0739. The van der Waals surface area contributed by atoms with Crippen LogP contribution in [0.4, 0.5) is 0 Å². The van der Waals surface area contributed by atoms with Crippen LogP contribution in [-0.2, 0) is 4.74 Å². The van der Waals surface area contributed by atoms with E-state index in [1.807, 2.05) is 19.9 Å². The number of hydrogen-bond acceptors (Lipinski definition) is 6. The monoisotopic (exact) mass is 373 g/mol. The topological polar surface area (TPSA) is 95.7 Å². The van der Waals surface area contributed by atoms with E-state index in [2.05, 4.69) is 10.3 Å². The Morgan fingerprint density at radius 3 is 2.89 bits per heavy atom. The molecule has 7 heteroatoms. The molecule has 2 atom stereocenters. The van der Waals surface area contributed by atoms with Gasteiger partial charge in [-0.05, 0) is 43.9 Å². The number of rotatable bonds is 8. The second kappa shape index (κ2) is 8.54. The van der Waals surface area contributed by atoms with Gasteiger partial charge < -0.3 is 25.3 Å². The largest absolute Gasteiger partial charge is 0.490 e. The maximum atomic E-state index is 11.8. The molecule has 3 rings (SSSR count). The summed E-state index contributed by atoms with van der Waals surface area (Å²) in [6.07, 6.45) is 2.68. The highest BCUT2D eigenvalue weighted by Crippen LogP contribution is 2.31. The van der Waals surface area contributed by atoms with E-state index in [0.717, 1.165) is 30.3 Å². The van der Waals surface area contributed by atoms with E-state index in [1.165, 1.54) is 0 Å². The van der Waals surface area contributed by atoms with E-state index in [0.29, 0.717) is 29.7 Å². The number of pyridine rings is 1. The SMILES string of the molecule is CO[C@H]1CNC[C@@H]1CCOc1nccc2cc(C(N)=O)c(OC(C)C)cc12. The Hall–Kier alpha value is -2.38. The molecule has 0 spiro atoms. The van der Waals surface area contributed by atoms with Gasteiger partial charge in [0.15, 0.2) is 0 Å². The molecule has 3 N–H and O–H groups in total. The van der Waals surface area contributed by atoms with Crippen LogP contribution in [0, 0.1) is 5.92 Å². The molecule has 2 aromatic rings. The summed E-state index contributed by atoms with van der Waals surface area (Å²) >= 11 is 0. The zero-order chi connectivity index (χ0) is 19.4. The van der Waals surface area contributed by atoms with Gasteiger partial charge in [-0.15, -0.1) is 0 Å². The number of nitrogens with zero attached hydrogens (tertiary/aromatic N) is 1. The highest BCUT2D eigenvalue weighted by atomic mass is 16.5. The van der Waals surface area contributed by atoms with E-state index >= 15 is 0 Å². The predicted molar refractivity (Wildman–Crippen MR) is 103 cm³/mol. The molecule has 0 unspecified atom stereocenters. The number of carbonyl (C=O) groups is 1. The molecule has 7 nitrogen and oxygen atoms in total. The molecule has 2 heterocycles. The molecule has 146 valence electrons. The summed E-state index contributed by atoms with van der Waals surface area (Å²) in [5, 5.41) is 4.97. The van der Waals surface area contributed by atoms with Gasteiger partial charge in [0.05, 0.1) is 24.4 Å². The molecule has 1 aromatic carbocycles. The Bertz CT molecular complexity index is 809. The summed E-state index contributed by atoms with van der Waals surface area (Å²) in [6.45, 7) is 6.14. The number of primary amides is 1. The molecule has 27 heavy (non-hydrogen) atoms. The fraction of sp³-hybridized carbons (Fsp3) is 0.500. The van der Waals surface area contributed by atoms with Crippen molar-refractivity contribution in [2.75, 3.05) is 26.8 Å². The van der Waals surface area contributed by atoms with E-state index in [4.69, 9.17) is 19.9 Å². The maximum absolute atomic E-state index is 11.8. The van der Waals surface area contributed by atoms with Crippen LogP contribution in [0.1, 0.15) is 30.6 Å². The van der Waals surface area contributed by atoms with Crippen LogP contribution >= 0.6 is 0 Å². The summed E-state index contributed by atoms with van der Waals surface area (Å²) in [6, 6.07) is 5.34. The summed E-state index contributed by atoms with van der Waals surface area (Å²) in [4.78, 5) is 16.2. The van der Waals surface area contributed by atoms with Crippen molar-refractivity contribution in [1.82, 2.24) is 10.3 Å². The Morgan fingerprint density at radius 2 is 2.19 bits per heavy atom. The molecule has 0 radical (unpaired) electrons. The standard InChI is InChI=1S/C20H27N3O4/c1-12(2)27-17-9-15-13(8-16(17)19(21)24)4-6-23-20(15)26-7-5-14-10-22-11-18(14)25-3/h4,6,8-9,12,14,18,22H,5,7,10-11H2,1-3H3,(H2,21,24)/t14-,18-/m0/s1. The average molecular weight is 373 g/mol. The highest BCUT2D eigenvalue weighted by Gasteiger charge is 2.26. The zero-order valence-corrected chi connectivity index (χ0v) is 16.0. The van der Waals surface area contributed by atoms with E-state index in [1.54, 1.807) is 25.4 Å². The Labute approximate surface area is 159 Å². The minimum Gasteiger partial charge on any atom is -0.490 e. The molecule has 1 aromatic heterocycles. The van der Waals surface area contributed by atoms with Crippen LogP contribution in [0.15, 0.2) is 24.4 Å². The third kappa shape index (κ3) is 4.48. The van der Waals surface area contributed by atoms with Gasteiger partial charge in [-0.25, -0.2) is 4.98 Å². The molecular formula is C20H27N3O4. The van der Waals surface area contributed by atoms with Crippen molar-refractivity contribution in [3.8, 4) is 11.6 Å². The van der Waals surface area contributed by atoms with Crippen molar-refractivity contribution >= 4 is 16.7 Å². The van der Waals surface area contributed by atoms with Crippen molar-refractivity contribution in [2.45, 2.75) is 32.5 Å². The Kier molecular flexibility index (Phi) is 6.13. The smallest absolute Gasteiger partial charge is 0.252 e. The second-order valence-corrected chi connectivity index (χ2v) is 7.05. The van der Waals surface area contributed by atoms with Crippen molar-refractivity contribution in [1.29, 1.82) is 0 Å². The quantitative estimate of drug-likeness (QED) is 0.736. The van der Waals surface area contributed by atoms with Gasteiger partial charge in [0, 0.05) is 37.7 Å². The van der Waals surface area contributed by atoms with E-state index < -0.39 is 5.91 Å². The van der Waals surface area contributed by atoms with Crippen LogP contribution in [-0.4, -0.2) is 49.9 Å². The fourth-order valence-electron chi connectivity index (χ4n) is 3.41. The van der Waals surface area contributed by atoms with Crippen molar-refractivity contribution in [2.24, 2.45) is 11.7 Å². The fourth-order valence-corrected chi connectivity index (χ4v) is 3.41. The van der Waals surface area contributed by atoms with Crippen LogP contribution in [0.25, 0.3) is 10.8 Å². The molecule has 1 fully saturated rings. The molecular weight excluding hydrogens is 346 g/mol. The first-order chi connectivity index (χ1) is 13.0. The van der Waals surface area contributed by atoms with Crippen LogP contribution in [0.3, 0.4) is 0 Å².